The molecule has 276 valence electrons. The molecule has 7 rings (SSSR count). The van der Waals surface area contributed by atoms with Gasteiger partial charge in [0.15, 0.2) is 0 Å². The van der Waals surface area contributed by atoms with E-state index in [2.05, 4.69) is 20.8 Å². The molecule has 0 radical (unpaired) electrons. The molecule has 0 N–H and O–H groups in total. The minimum absolute atomic E-state index is 0.102. The summed E-state index contributed by atoms with van der Waals surface area (Å²) in [4.78, 5) is 42.7. The number of amides is 2. The van der Waals surface area contributed by atoms with Gasteiger partial charge in [0, 0.05) is 19.5 Å². The first-order valence-electron chi connectivity index (χ1n) is 18.8. The van der Waals surface area contributed by atoms with Gasteiger partial charge in [-0.2, -0.15) is 0 Å². The van der Waals surface area contributed by atoms with Gasteiger partial charge < -0.3 is 33.3 Å². The molecule has 11 heteroatoms. The Kier molecular flexibility index (Phi) is 9.85. The van der Waals surface area contributed by atoms with Crippen LogP contribution < -0.4 is 4.74 Å². The number of nitrogens with zero attached hydrogens (tertiary/aromatic N) is 2. The Labute approximate surface area is 299 Å². The summed E-state index contributed by atoms with van der Waals surface area (Å²) < 4.78 is 30.9. The molecular weight excluding hydrogens is 635 g/mol. The smallest absolute Gasteiger partial charge is 0.457 e. The standard InChI is InChI=1S/C39H59BN2O8/c1-24-26(13-16-40-49-31-21-27-20-30(38(27,8)9)39(31,10)50-40)11-12-29(33(24)34(44)47-36(2,3)4)46-28-22-42(23-28)32(43)19-25-14-17-41(18-15-25)35(45)48-37(5,6)7/h11-12,25,27-28,30-31H,13-23H2,1-10H3/t27-,30-,31+,39-/m0/s1. The lowest BCUT2D eigenvalue weighted by molar-refractivity contribution is -0.199. The molecule has 50 heavy (non-hydrogen) atoms. The van der Waals surface area contributed by atoms with Crippen molar-refractivity contribution in [2.75, 3.05) is 26.2 Å². The second-order valence-electron chi connectivity index (χ2n) is 18.3. The average molecular weight is 695 g/mol. The van der Waals surface area contributed by atoms with Crippen molar-refractivity contribution < 1.29 is 37.9 Å². The fraction of sp³-hybridized carbons (Fsp3) is 0.769. The lowest BCUT2D eigenvalue weighted by Gasteiger charge is -2.64. The van der Waals surface area contributed by atoms with E-state index in [-0.39, 0.29) is 42.8 Å². The van der Waals surface area contributed by atoms with Gasteiger partial charge in [-0.1, -0.05) is 19.9 Å². The van der Waals surface area contributed by atoms with Crippen LogP contribution >= 0.6 is 0 Å². The van der Waals surface area contributed by atoms with E-state index in [1.807, 2.05) is 65.5 Å². The van der Waals surface area contributed by atoms with Gasteiger partial charge in [0.25, 0.3) is 0 Å². The summed E-state index contributed by atoms with van der Waals surface area (Å²) in [6, 6.07) is 3.91. The first kappa shape index (κ1) is 37.0. The van der Waals surface area contributed by atoms with E-state index in [9.17, 15) is 14.4 Å². The van der Waals surface area contributed by atoms with Crippen LogP contribution in [-0.2, 0) is 30.0 Å². The fourth-order valence-corrected chi connectivity index (χ4v) is 8.95. The van der Waals surface area contributed by atoms with Crippen LogP contribution in [0.15, 0.2) is 12.1 Å². The Balaban J connectivity index is 1.04. The highest BCUT2D eigenvalue weighted by molar-refractivity contribution is 6.45. The Morgan fingerprint density at radius 2 is 1.60 bits per heavy atom. The van der Waals surface area contributed by atoms with Crippen molar-refractivity contribution >= 4 is 25.1 Å². The van der Waals surface area contributed by atoms with Gasteiger partial charge in [-0.15, -0.1) is 0 Å². The third kappa shape index (κ3) is 7.55. The number of aryl methyl sites for hydroxylation is 1. The number of likely N-dealkylation sites (tertiary alicyclic amines) is 2. The number of rotatable bonds is 8. The molecule has 4 atom stereocenters. The van der Waals surface area contributed by atoms with Crippen molar-refractivity contribution in [3.8, 4) is 5.75 Å². The van der Waals surface area contributed by atoms with Crippen LogP contribution in [-0.4, -0.2) is 90.1 Å². The fourth-order valence-electron chi connectivity index (χ4n) is 8.95. The van der Waals surface area contributed by atoms with Crippen LogP contribution in [0, 0.1) is 30.1 Å². The normalized spacial score (nSPS) is 28.0. The Morgan fingerprint density at radius 1 is 0.940 bits per heavy atom. The molecule has 0 spiro atoms. The highest BCUT2D eigenvalue weighted by atomic mass is 16.7. The molecule has 3 aliphatic carbocycles. The van der Waals surface area contributed by atoms with Gasteiger partial charge in [0.2, 0.25) is 5.91 Å². The van der Waals surface area contributed by atoms with Crippen LogP contribution in [0.4, 0.5) is 4.79 Å². The number of piperidine rings is 1. The van der Waals surface area contributed by atoms with Crippen molar-refractivity contribution in [1.29, 1.82) is 0 Å². The number of hydrogen-bond acceptors (Lipinski definition) is 8. The summed E-state index contributed by atoms with van der Waals surface area (Å²) >= 11 is 0. The summed E-state index contributed by atoms with van der Waals surface area (Å²) in [5.41, 5.74) is 1.19. The van der Waals surface area contributed by atoms with E-state index < -0.39 is 17.2 Å². The zero-order chi connectivity index (χ0) is 36.4. The van der Waals surface area contributed by atoms with E-state index in [1.54, 1.807) is 4.90 Å². The van der Waals surface area contributed by atoms with Crippen molar-refractivity contribution in [2.45, 2.75) is 143 Å². The molecule has 6 fully saturated rings. The van der Waals surface area contributed by atoms with E-state index in [0.717, 1.165) is 30.4 Å². The minimum atomic E-state index is -0.661. The van der Waals surface area contributed by atoms with E-state index in [1.165, 1.54) is 6.42 Å². The Hall–Kier alpha value is -2.79. The number of ether oxygens (including phenoxy) is 3. The molecule has 3 saturated carbocycles. The summed E-state index contributed by atoms with van der Waals surface area (Å²) in [6.45, 7) is 22.3. The van der Waals surface area contributed by atoms with E-state index >= 15 is 0 Å². The van der Waals surface area contributed by atoms with Crippen molar-refractivity contribution in [2.24, 2.45) is 23.2 Å². The van der Waals surface area contributed by atoms with Crippen molar-refractivity contribution in [1.82, 2.24) is 9.80 Å². The third-order valence-electron chi connectivity index (χ3n) is 12.0. The largest absolute Gasteiger partial charge is 0.486 e. The molecule has 3 heterocycles. The summed E-state index contributed by atoms with van der Waals surface area (Å²) in [6.07, 6.45) is 5.35. The summed E-state index contributed by atoms with van der Waals surface area (Å²) in [7, 11) is -0.267. The molecule has 3 aliphatic heterocycles. The number of carbonyl (C=O) groups excluding carboxylic acids is 3. The zero-order valence-electron chi connectivity index (χ0n) is 32.1. The minimum Gasteiger partial charge on any atom is -0.486 e. The van der Waals surface area contributed by atoms with Crippen LogP contribution in [0.2, 0.25) is 6.32 Å². The highest BCUT2D eigenvalue weighted by Crippen LogP contribution is 2.65. The van der Waals surface area contributed by atoms with Crippen LogP contribution in [0.1, 0.15) is 116 Å². The number of esters is 1. The van der Waals surface area contributed by atoms with Gasteiger partial charge in [-0.25, -0.2) is 9.59 Å². The molecule has 6 aliphatic rings. The van der Waals surface area contributed by atoms with Gasteiger partial charge in [0.05, 0.1) is 24.8 Å². The van der Waals surface area contributed by atoms with E-state index in [0.29, 0.717) is 73.9 Å². The molecular formula is C39H59BN2O8. The molecule has 1 aromatic carbocycles. The average Bonchev–Trinajstić information content (AvgIpc) is 3.32. The topological polar surface area (TPSA) is 104 Å². The Bertz CT molecular complexity index is 1470. The number of benzene rings is 1. The third-order valence-corrected chi connectivity index (χ3v) is 12.0. The molecule has 2 bridgehead atoms. The highest BCUT2D eigenvalue weighted by Gasteiger charge is 2.67. The maximum absolute atomic E-state index is 13.6. The lowest BCUT2D eigenvalue weighted by atomic mass is 9.43. The summed E-state index contributed by atoms with van der Waals surface area (Å²) in [5, 5.41) is 0. The lowest BCUT2D eigenvalue weighted by Crippen LogP contribution is -2.65. The van der Waals surface area contributed by atoms with E-state index in [4.69, 9.17) is 23.5 Å². The second kappa shape index (κ2) is 13.3. The molecule has 0 aromatic heterocycles. The Morgan fingerprint density at radius 3 is 2.22 bits per heavy atom. The summed E-state index contributed by atoms with van der Waals surface area (Å²) in [5.74, 6) is 1.63. The molecule has 2 amide bonds. The molecule has 0 unspecified atom stereocenters. The van der Waals surface area contributed by atoms with Crippen LogP contribution in [0.25, 0.3) is 0 Å². The van der Waals surface area contributed by atoms with Gasteiger partial charge in [0.1, 0.15) is 28.6 Å². The zero-order valence-corrected chi connectivity index (χ0v) is 32.1. The van der Waals surface area contributed by atoms with Crippen LogP contribution in [0.5, 0.6) is 5.75 Å². The SMILES string of the molecule is Cc1c(CCB2O[C@@H]3C[C@@H]4C[C@@H](C4(C)C)[C@]3(C)O2)ccc(OC2CN(C(=O)CC3CCN(C(=O)OC(C)(C)C)CC3)C2)c1C(=O)OC(C)(C)C. The van der Waals surface area contributed by atoms with Crippen LogP contribution in [0.3, 0.4) is 0 Å². The quantitative estimate of drug-likeness (QED) is 0.215. The van der Waals surface area contributed by atoms with Gasteiger partial charge in [-0.05, 0) is 134 Å². The predicted octanol–water partition coefficient (Wildman–Crippen LogP) is 6.85. The first-order chi connectivity index (χ1) is 23.2. The molecule has 3 saturated heterocycles. The van der Waals surface area contributed by atoms with Gasteiger partial charge in [-0.3, -0.25) is 4.79 Å². The maximum atomic E-state index is 13.6. The molecule has 10 nitrogen and oxygen atoms in total. The van der Waals surface area contributed by atoms with Crippen molar-refractivity contribution in [3.63, 3.8) is 0 Å². The predicted molar refractivity (Wildman–Crippen MR) is 191 cm³/mol. The first-order valence-corrected chi connectivity index (χ1v) is 18.8. The van der Waals surface area contributed by atoms with Gasteiger partial charge >= 0.3 is 19.2 Å². The number of hydrogen-bond donors (Lipinski definition) is 0. The number of carbonyl (C=O) groups is 3. The maximum Gasteiger partial charge on any atom is 0.457 e. The second-order valence-corrected chi connectivity index (χ2v) is 18.3. The monoisotopic (exact) mass is 694 g/mol. The van der Waals surface area contributed by atoms with Crippen molar-refractivity contribution in [3.05, 3.63) is 28.8 Å². The molecule has 1 aromatic rings.